The van der Waals surface area contributed by atoms with Gasteiger partial charge in [-0.15, -0.1) is 0 Å². The number of hydrogen-bond acceptors (Lipinski definition) is 4. The molecule has 1 aromatic heterocycles. The zero-order chi connectivity index (χ0) is 11.5. The predicted molar refractivity (Wildman–Crippen MR) is 62.5 cm³/mol. The lowest BCUT2D eigenvalue weighted by Crippen LogP contribution is -2.26. The van der Waals surface area contributed by atoms with E-state index in [0.29, 0.717) is 5.92 Å². The summed E-state index contributed by atoms with van der Waals surface area (Å²) in [7, 11) is 1.68. The minimum atomic E-state index is 0.574. The average Bonchev–Trinajstić information content (AvgIpc) is 2.27. The van der Waals surface area contributed by atoms with Gasteiger partial charge in [-0.1, -0.05) is 13.8 Å². The van der Waals surface area contributed by atoms with E-state index >= 15 is 0 Å². The summed E-state index contributed by atoms with van der Waals surface area (Å²) < 4.78 is 5.34. The Kier molecular flexibility index (Phi) is 3.39. The Morgan fingerprint density at radius 3 is 2.88 bits per heavy atom. The standard InChI is InChI=1S/C12H19N3O/c1-8(2)6-11-14-10-4-5-13-7-9(10)12(15-11)16-3/h8,13H,4-7H2,1-3H3. The van der Waals surface area contributed by atoms with Crippen LogP contribution in [0.5, 0.6) is 5.88 Å². The molecule has 0 saturated heterocycles. The zero-order valence-electron chi connectivity index (χ0n) is 10.2. The number of hydrogen-bond donors (Lipinski definition) is 1. The van der Waals surface area contributed by atoms with E-state index in [1.807, 2.05) is 0 Å². The second kappa shape index (κ2) is 4.78. The Morgan fingerprint density at radius 1 is 1.38 bits per heavy atom. The summed E-state index contributed by atoms with van der Waals surface area (Å²) in [6, 6.07) is 0. The fourth-order valence-electron chi connectivity index (χ4n) is 1.99. The van der Waals surface area contributed by atoms with E-state index in [-0.39, 0.29) is 0 Å². The molecule has 0 spiro atoms. The molecule has 0 unspecified atom stereocenters. The number of nitrogens with one attached hydrogen (secondary N) is 1. The third-order valence-electron chi connectivity index (χ3n) is 2.73. The van der Waals surface area contributed by atoms with Gasteiger partial charge in [-0.05, 0) is 5.92 Å². The van der Waals surface area contributed by atoms with Crippen LogP contribution in [0.2, 0.25) is 0 Å². The van der Waals surface area contributed by atoms with Crippen LogP contribution in [0, 0.1) is 5.92 Å². The molecular weight excluding hydrogens is 202 g/mol. The first-order valence-electron chi connectivity index (χ1n) is 5.84. The number of aromatic nitrogens is 2. The smallest absolute Gasteiger partial charge is 0.221 e. The van der Waals surface area contributed by atoms with Gasteiger partial charge in [0.2, 0.25) is 5.88 Å². The molecule has 88 valence electrons. The van der Waals surface area contributed by atoms with Crippen molar-refractivity contribution in [1.29, 1.82) is 0 Å². The van der Waals surface area contributed by atoms with Crippen LogP contribution in [-0.2, 0) is 19.4 Å². The third kappa shape index (κ3) is 2.32. The molecule has 4 nitrogen and oxygen atoms in total. The molecule has 4 heteroatoms. The molecule has 0 bridgehead atoms. The minimum Gasteiger partial charge on any atom is -0.481 e. The van der Waals surface area contributed by atoms with E-state index < -0.39 is 0 Å². The van der Waals surface area contributed by atoms with Gasteiger partial charge in [0.25, 0.3) is 0 Å². The fourth-order valence-corrected chi connectivity index (χ4v) is 1.99. The van der Waals surface area contributed by atoms with Gasteiger partial charge in [0.05, 0.1) is 12.8 Å². The van der Waals surface area contributed by atoms with Crippen molar-refractivity contribution in [2.24, 2.45) is 5.92 Å². The summed E-state index contributed by atoms with van der Waals surface area (Å²) in [5.74, 6) is 2.23. The minimum absolute atomic E-state index is 0.574. The highest BCUT2D eigenvalue weighted by Crippen LogP contribution is 2.22. The molecule has 0 fully saturated rings. The van der Waals surface area contributed by atoms with Crippen LogP contribution in [0.15, 0.2) is 0 Å². The Labute approximate surface area is 96.4 Å². The van der Waals surface area contributed by atoms with Gasteiger partial charge in [0.1, 0.15) is 5.82 Å². The van der Waals surface area contributed by atoms with E-state index in [0.717, 1.165) is 48.9 Å². The van der Waals surface area contributed by atoms with Crippen molar-refractivity contribution >= 4 is 0 Å². The Morgan fingerprint density at radius 2 is 2.19 bits per heavy atom. The zero-order valence-corrected chi connectivity index (χ0v) is 10.2. The topological polar surface area (TPSA) is 47.0 Å². The van der Waals surface area contributed by atoms with E-state index in [1.165, 1.54) is 0 Å². The highest BCUT2D eigenvalue weighted by Gasteiger charge is 2.18. The molecular formula is C12H19N3O. The quantitative estimate of drug-likeness (QED) is 0.836. The van der Waals surface area contributed by atoms with Crippen LogP contribution >= 0.6 is 0 Å². The van der Waals surface area contributed by atoms with Crippen molar-refractivity contribution in [2.75, 3.05) is 13.7 Å². The van der Waals surface area contributed by atoms with E-state index in [9.17, 15) is 0 Å². The summed E-state index contributed by atoms with van der Waals surface area (Å²) >= 11 is 0. The fraction of sp³-hybridized carbons (Fsp3) is 0.667. The van der Waals surface area contributed by atoms with Crippen LogP contribution in [0.3, 0.4) is 0 Å². The lowest BCUT2D eigenvalue weighted by atomic mass is 10.1. The van der Waals surface area contributed by atoms with E-state index in [2.05, 4.69) is 29.1 Å². The van der Waals surface area contributed by atoms with Gasteiger partial charge in [-0.3, -0.25) is 0 Å². The molecule has 2 rings (SSSR count). The first kappa shape index (κ1) is 11.3. The molecule has 16 heavy (non-hydrogen) atoms. The van der Waals surface area contributed by atoms with Crippen LogP contribution < -0.4 is 10.1 Å². The molecule has 0 aliphatic carbocycles. The molecule has 0 atom stereocenters. The SMILES string of the molecule is COc1nc(CC(C)C)nc2c1CNCC2. The lowest BCUT2D eigenvalue weighted by Gasteiger charge is -2.19. The first-order valence-corrected chi connectivity index (χ1v) is 5.84. The summed E-state index contributed by atoms with van der Waals surface area (Å²) in [5, 5.41) is 3.32. The number of methoxy groups -OCH3 is 1. The van der Waals surface area contributed by atoms with Gasteiger partial charge < -0.3 is 10.1 Å². The summed E-state index contributed by atoms with van der Waals surface area (Å²) in [5.41, 5.74) is 2.28. The molecule has 1 aliphatic heterocycles. The highest BCUT2D eigenvalue weighted by molar-refractivity contribution is 5.32. The lowest BCUT2D eigenvalue weighted by molar-refractivity contribution is 0.381. The van der Waals surface area contributed by atoms with Crippen molar-refractivity contribution in [3.63, 3.8) is 0 Å². The van der Waals surface area contributed by atoms with Crippen LogP contribution in [0.4, 0.5) is 0 Å². The highest BCUT2D eigenvalue weighted by atomic mass is 16.5. The molecule has 0 amide bonds. The van der Waals surface area contributed by atoms with Gasteiger partial charge in [-0.25, -0.2) is 4.98 Å². The number of rotatable bonds is 3. The second-order valence-electron chi connectivity index (χ2n) is 4.60. The Hall–Kier alpha value is -1.16. The largest absolute Gasteiger partial charge is 0.481 e. The Balaban J connectivity index is 2.35. The number of ether oxygens (including phenoxy) is 1. The molecule has 1 N–H and O–H groups in total. The van der Waals surface area contributed by atoms with Gasteiger partial charge in [-0.2, -0.15) is 4.98 Å². The number of nitrogens with zero attached hydrogens (tertiary/aromatic N) is 2. The van der Waals surface area contributed by atoms with Crippen molar-refractivity contribution in [3.8, 4) is 5.88 Å². The molecule has 2 heterocycles. The summed E-state index contributed by atoms with van der Waals surface area (Å²) in [6.45, 7) is 6.17. The summed E-state index contributed by atoms with van der Waals surface area (Å²) in [4.78, 5) is 9.10. The normalized spacial score (nSPS) is 15.0. The van der Waals surface area contributed by atoms with Crippen LogP contribution in [0.1, 0.15) is 30.9 Å². The summed E-state index contributed by atoms with van der Waals surface area (Å²) in [6.07, 6.45) is 1.89. The number of fused-ring (bicyclic) bond motifs is 1. The van der Waals surface area contributed by atoms with Gasteiger partial charge in [0, 0.05) is 31.5 Å². The molecule has 1 aromatic rings. The van der Waals surface area contributed by atoms with E-state index in [1.54, 1.807) is 7.11 Å². The third-order valence-corrected chi connectivity index (χ3v) is 2.73. The predicted octanol–water partition coefficient (Wildman–Crippen LogP) is 1.33. The molecule has 1 aliphatic rings. The van der Waals surface area contributed by atoms with Crippen molar-refractivity contribution < 1.29 is 4.74 Å². The maximum atomic E-state index is 5.34. The van der Waals surface area contributed by atoms with Crippen molar-refractivity contribution in [1.82, 2.24) is 15.3 Å². The van der Waals surface area contributed by atoms with Crippen molar-refractivity contribution in [3.05, 3.63) is 17.1 Å². The van der Waals surface area contributed by atoms with Crippen LogP contribution in [-0.4, -0.2) is 23.6 Å². The average molecular weight is 221 g/mol. The monoisotopic (exact) mass is 221 g/mol. The van der Waals surface area contributed by atoms with Gasteiger partial charge in [0.15, 0.2) is 0 Å². The van der Waals surface area contributed by atoms with Gasteiger partial charge >= 0.3 is 0 Å². The van der Waals surface area contributed by atoms with Crippen molar-refractivity contribution in [2.45, 2.75) is 33.2 Å². The Bertz CT molecular complexity index is 360. The first-order chi connectivity index (χ1) is 7.70. The maximum absolute atomic E-state index is 5.34. The molecule has 0 saturated carbocycles. The second-order valence-corrected chi connectivity index (χ2v) is 4.60. The molecule has 0 aromatic carbocycles. The molecule has 0 radical (unpaired) electrons. The van der Waals surface area contributed by atoms with Crippen LogP contribution in [0.25, 0.3) is 0 Å². The van der Waals surface area contributed by atoms with E-state index in [4.69, 9.17) is 4.74 Å². The maximum Gasteiger partial charge on any atom is 0.221 e.